The van der Waals surface area contributed by atoms with Crippen molar-refractivity contribution in [3.05, 3.63) is 40.4 Å². The summed E-state index contributed by atoms with van der Waals surface area (Å²) in [4.78, 5) is 0. The molecule has 1 aliphatic carbocycles. The minimum atomic E-state index is -4.11. The number of alkyl halides is 3. The summed E-state index contributed by atoms with van der Waals surface area (Å²) in [5.74, 6) is 0.318. The highest BCUT2D eigenvalue weighted by Gasteiger charge is 2.42. The minimum absolute atomic E-state index is 0.0209. The summed E-state index contributed by atoms with van der Waals surface area (Å²) in [7, 11) is 1.67. The van der Waals surface area contributed by atoms with Gasteiger partial charge in [-0.1, -0.05) is 11.6 Å². The van der Waals surface area contributed by atoms with E-state index in [0.29, 0.717) is 30.7 Å². The number of hydrogen-bond acceptors (Lipinski definition) is 3. The molecule has 1 aliphatic heterocycles. The highest BCUT2D eigenvalue weighted by Crippen LogP contribution is 2.43. The fraction of sp³-hybridized carbons (Fsp3) is 0.579. The van der Waals surface area contributed by atoms with Gasteiger partial charge in [0.2, 0.25) is 0 Å². The first kappa shape index (κ1) is 18.7. The minimum Gasteiger partial charge on any atom is -0.381 e. The Morgan fingerprint density at radius 3 is 2.52 bits per heavy atom. The van der Waals surface area contributed by atoms with E-state index in [0.717, 1.165) is 22.9 Å². The molecule has 1 fully saturated rings. The van der Waals surface area contributed by atoms with Crippen molar-refractivity contribution in [3.63, 3.8) is 0 Å². The van der Waals surface area contributed by atoms with Crippen LogP contribution in [0.1, 0.15) is 48.8 Å². The third-order valence-corrected chi connectivity index (χ3v) is 6.02. The maximum Gasteiger partial charge on any atom is 0.391 e. The molecule has 0 bridgehead atoms. The fourth-order valence-electron chi connectivity index (χ4n) is 4.29. The Hall–Kier alpha value is -1.60. The van der Waals surface area contributed by atoms with Crippen molar-refractivity contribution in [1.29, 1.82) is 0 Å². The maximum atomic E-state index is 13.0. The van der Waals surface area contributed by atoms with E-state index in [-0.39, 0.29) is 24.9 Å². The molecule has 4 nitrogen and oxygen atoms in total. The van der Waals surface area contributed by atoms with Crippen LogP contribution in [0.5, 0.6) is 0 Å². The molecule has 0 spiro atoms. The van der Waals surface area contributed by atoms with E-state index >= 15 is 0 Å². The van der Waals surface area contributed by atoms with Gasteiger partial charge in [0.25, 0.3) is 0 Å². The van der Waals surface area contributed by atoms with Crippen LogP contribution in [-0.4, -0.2) is 34.2 Å². The van der Waals surface area contributed by atoms with Gasteiger partial charge in [-0.2, -0.15) is 13.2 Å². The van der Waals surface area contributed by atoms with Crippen LogP contribution in [0.3, 0.4) is 0 Å². The maximum absolute atomic E-state index is 13.0. The summed E-state index contributed by atoms with van der Waals surface area (Å²) in [6.07, 6.45) is -1.61. The molecule has 1 saturated carbocycles. The fourth-order valence-corrected chi connectivity index (χ4v) is 4.49. The van der Waals surface area contributed by atoms with Gasteiger partial charge in [-0.25, -0.2) is 0 Å². The SMILES string of the molecule is COC1Cc2cc(Cl)ccc2-n2c(nnc2C2CCC(C(F)(F)F)CC2)C1. The number of benzene rings is 1. The van der Waals surface area contributed by atoms with Crippen molar-refractivity contribution < 1.29 is 17.9 Å². The number of rotatable bonds is 2. The Morgan fingerprint density at radius 1 is 1.11 bits per heavy atom. The molecular weight excluding hydrogens is 379 g/mol. The first-order valence-corrected chi connectivity index (χ1v) is 9.57. The van der Waals surface area contributed by atoms with Gasteiger partial charge in [-0.05, 0) is 49.4 Å². The zero-order valence-corrected chi connectivity index (χ0v) is 15.7. The smallest absolute Gasteiger partial charge is 0.381 e. The van der Waals surface area contributed by atoms with E-state index < -0.39 is 12.1 Å². The van der Waals surface area contributed by atoms with Crippen molar-refractivity contribution in [2.75, 3.05) is 7.11 Å². The molecule has 2 heterocycles. The Bertz CT molecular complexity index is 828. The van der Waals surface area contributed by atoms with Gasteiger partial charge >= 0.3 is 6.18 Å². The van der Waals surface area contributed by atoms with Gasteiger partial charge in [-0.3, -0.25) is 4.57 Å². The molecule has 1 unspecified atom stereocenters. The van der Waals surface area contributed by atoms with Crippen LogP contribution < -0.4 is 0 Å². The van der Waals surface area contributed by atoms with Gasteiger partial charge in [-0.15, -0.1) is 10.2 Å². The first-order chi connectivity index (χ1) is 12.9. The Kier molecular flexibility index (Phi) is 4.93. The average molecular weight is 400 g/mol. The molecule has 0 saturated heterocycles. The van der Waals surface area contributed by atoms with E-state index in [1.807, 2.05) is 22.8 Å². The Balaban J connectivity index is 1.69. The topological polar surface area (TPSA) is 39.9 Å². The van der Waals surface area contributed by atoms with Crippen LogP contribution in [0.4, 0.5) is 13.2 Å². The highest BCUT2D eigenvalue weighted by atomic mass is 35.5. The third-order valence-electron chi connectivity index (χ3n) is 5.78. The van der Waals surface area contributed by atoms with Crippen LogP contribution in [0.15, 0.2) is 18.2 Å². The number of halogens is 4. The molecule has 0 radical (unpaired) electrons. The summed E-state index contributed by atoms with van der Waals surface area (Å²) in [5.41, 5.74) is 1.99. The lowest BCUT2D eigenvalue weighted by Gasteiger charge is -2.29. The molecule has 2 aromatic rings. The van der Waals surface area contributed by atoms with Gasteiger partial charge < -0.3 is 4.74 Å². The number of ether oxygens (including phenoxy) is 1. The summed E-state index contributed by atoms with van der Waals surface area (Å²) >= 11 is 6.18. The standard InChI is InChI=1S/C19H21ClF3N3O/c1-27-15-9-12-8-14(20)6-7-16(12)26-17(10-15)24-25-18(26)11-2-4-13(5-3-11)19(21,22)23/h6-8,11,13,15H,2-5,9-10H2,1H3. The van der Waals surface area contributed by atoms with E-state index in [1.165, 1.54) is 0 Å². The monoisotopic (exact) mass is 399 g/mol. The number of aromatic nitrogens is 3. The zero-order valence-electron chi connectivity index (χ0n) is 15.0. The number of methoxy groups -OCH3 is 1. The van der Waals surface area contributed by atoms with Crippen LogP contribution in [0, 0.1) is 5.92 Å². The number of hydrogen-bond donors (Lipinski definition) is 0. The number of fused-ring (bicyclic) bond motifs is 3. The van der Waals surface area contributed by atoms with Gasteiger partial charge in [0.15, 0.2) is 0 Å². The summed E-state index contributed by atoms with van der Waals surface area (Å²) < 4.78 is 46.6. The van der Waals surface area contributed by atoms with Crippen LogP contribution in [0.25, 0.3) is 5.69 Å². The average Bonchev–Trinajstić information content (AvgIpc) is 2.97. The van der Waals surface area contributed by atoms with Crippen LogP contribution >= 0.6 is 11.6 Å². The molecule has 27 heavy (non-hydrogen) atoms. The van der Waals surface area contributed by atoms with E-state index in [1.54, 1.807) is 7.11 Å². The van der Waals surface area contributed by atoms with E-state index in [9.17, 15) is 13.2 Å². The molecule has 8 heteroatoms. The third kappa shape index (κ3) is 3.59. The van der Waals surface area contributed by atoms with Crippen molar-refractivity contribution in [3.8, 4) is 5.69 Å². The Labute approximate surface area is 160 Å². The summed E-state index contributed by atoms with van der Waals surface area (Å²) in [5, 5.41) is 9.39. The number of nitrogens with zero attached hydrogens (tertiary/aromatic N) is 3. The largest absolute Gasteiger partial charge is 0.391 e. The molecule has 0 N–H and O–H groups in total. The lowest BCUT2D eigenvalue weighted by molar-refractivity contribution is -0.182. The predicted octanol–water partition coefficient (Wildman–Crippen LogP) is 4.87. The van der Waals surface area contributed by atoms with Crippen LogP contribution in [-0.2, 0) is 17.6 Å². The van der Waals surface area contributed by atoms with E-state index in [2.05, 4.69) is 10.2 Å². The molecule has 4 rings (SSSR count). The highest BCUT2D eigenvalue weighted by molar-refractivity contribution is 6.30. The van der Waals surface area contributed by atoms with Crippen molar-refractivity contribution >= 4 is 11.6 Å². The van der Waals surface area contributed by atoms with E-state index in [4.69, 9.17) is 16.3 Å². The molecule has 1 atom stereocenters. The molecule has 1 aromatic carbocycles. The van der Waals surface area contributed by atoms with Gasteiger partial charge in [0, 0.05) is 30.9 Å². The summed E-state index contributed by atoms with van der Waals surface area (Å²) in [6.45, 7) is 0. The normalized spacial score (nSPS) is 25.6. The van der Waals surface area contributed by atoms with Crippen molar-refractivity contribution in [2.45, 2.75) is 56.7 Å². The second-order valence-electron chi connectivity index (χ2n) is 7.44. The summed E-state index contributed by atoms with van der Waals surface area (Å²) in [6, 6.07) is 5.68. The lowest BCUT2D eigenvalue weighted by atomic mass is 9.81. The molecule has 1 aromatic heterocycles. The second-order valence-corrected chi connectivity index (χ2v) is 7.88. The first-order valence-electron chi connectivity index (χ1n) is 9.19. The van der Waals surface area contributed by atoms with Crippen LogP contribution in [0.2, 0.25) is 5.02 Å². The molecule has 0 amide bonds. The second kappa shape index (κ2) is 7.09. The van der Waals surface area contributed by atoms with Crippen molar-refractivity contribution in [2.24, 2.45) is 5.92 Å². The lowest BCUT2D eigenvalue weighted by Crippen LogP contribution is -2.28. The molecular formula is C19H21ClF3N3O. The van der Waals surface area contributed by atoms with Crippen molar-refractivity contribution in [1.82, 2.24) is 14.8 Å². The molecule has 2 aliphatic rings. The van der Waals surface area contributed by atoms with Gasteiger partial charge in [0.05, 0.1) is 17.7 Å². The quantitative estimate of drug-likeness (QED) is 0.723. The predicted molar refractivity (Wildman–Crippen MR) is 95.3 cm³/mol. The Morgan fingerprint density at radius 2 is 1.85 bits per heavy atom. The van der Waals surface area contributed by atoms with Gasteiger partial charge in [0.1, 0.15) is 11.6 Å². The molecule has 146 valence electrons. The zero-order chi connectivity index (χ0) is 19.2.